The lowest BCUT2D eigenvalue weighted by Crippen LogP contribution is -2.24. The molecule has 0 radical (unpaired) electrons. The van der Waals surface area contributed by atoms with E-state index in [0.717, 1.165) is 0 Å². The number of hydrogen-bond acceptors (Lipinski definition) is 3. The Balaban J connectivity index is 2.91. The van der Waals surface area contributed by atoms with Crippen molar-refractivity contribution in [2.24, 2.45) is 0 Å². The van der Waals surface area contributed by atoms with E-state index < -0.39 is 20.5 Å². The molecule has 1 aromatic rings. The third-order valence-electron chi connectivity index (χ3n) is 2.21. The molecule has 0 N–H and O–H groups in total. The number of hydrogen-bond donors (Lipinski definition) is 0. The van der Waals surface area contributed by atoms with Gasteiger partial charge in [-0.15, -0.1) is 0 Å². The molecule has 1 rings (SSSR count). The van der Waals surface area contributed by atoms with Crippen LogP contribution < -0.4 is 4.74 Å². The number of alkyl halides is 1. The smallest absolute Gasteiger partial charge is 0.236 e. The van der Waals surface area contributed by atoms with Crippen LogP contribution in [0.1, 0.15) is 19.4 Å². The highest BCUT2D eigenvalue weighted by molar-refractivity contribution is 8.13. The molecule has 0 saturated heterocycles. The molecule has 17 heavy (non-hydrogen) atoms. The largest absolute Gasteiger partial charge is 0.494 e. The van der Waals surface area contributed by atoms with Crippen LogP contribution in [0, 0.1) is 0 Å². The van der Waals surface area contributed by atoms with Gasteiger partial charge in [-0.2, -0.15) is 0 Å². The molecule has 0 heterocycles. The monoisotopic (exact) mass is 280 g/mol. The van der Waals surface area contributed by atoms with E-state index in [1.54, 1.807) is 12.1 Å². The molecule has 0 amide bonds. The third kappa shape index (κ3) is 4.52. The Morgan fingerprint density at radius 1 is 1.35 bits per heavy atom. The minimum Gasteiger partial charge on any atom is -0.494 e. The van der Waals surface area contributed by atoms with E-state index in [-0.39, 0.29) is 5.56 Å². The number of rotatable bonds is 5. The maximum absolute atomic E-state index is 14.1. The summed E-state index contributed by atoms with van der Waals surface area (Å²) in [6, 6.07) is 6.18. The summed E-state index contributed by atoms with van der Waals surface area (Å²) in [6.07, 6.45) is 0. The first-order chi connectivity index (χ1) is 7.74. The fourth-order valence-corrected chi connectivity index (χ4v) is 2.90. The van der Waals surface area contributed by atoms with Crippen LogP contribution in [0.15, 0.2) is 24.3 Å². The summed E-state index contributed by atoms with van der Waals surface area (Å²) >= 11 is 0. The van der Waals surface area contributed by atoms with Gasteiger partial charge in [0.25, 0.3) is 0 Å². The molecule has 1 aromatic carbocycles. The first-order valence-corrected chi connectivity index (χ1v) is 7.57. The second kappa shape index (κ2) is 5.23. The van der Waals surface area contributed by atoms with Gasteiger partial charge in [-0.3, -0.25) is 0 Å². The van der Waals surface area contributed by atoms with Crippen molar-refractivity contribution in [3.8, 4) is 5.75 Å². The molecule has 0 spiro atoms. The van der Waals surface area contributed by atoms with Crippen molar-refractivity contribution in [3.05, 3.63) is 29.8 Å². The van der Waals surface area contributed by atoms with Crippen molar-refractivity contribution in [2.45, 2.75) is 19.5 Å². The molecule has 3 nitrogen and oxygen atoms in total. The van der Waals surface area contributed by atoms with Gasteiger partial charge >= 0.3 is 0 Å². The lowest BCUT2D eigenvalue weighted by atomic mass is 10.0. The molecule has 6 heteroatoms. The van der Waals surface area contributed by atoms with Crippen LogP contribution in [0.2, 0.25) is 0 Å². The molecule has 0 aliphatic heterocycles. The fraction of sp³-hybridized carbons (Fsp3) is 0.455. The van der Waals surface area contributed by atoms with Gasteiger partial charge in [-0.25, -0.2) is 12.8 Å². The van der Waals surface area contributed by atoms with Crippen LogP contribution in [0.25, 0.3) is 0 Å². The molecule has 0 bridgehead atoms. The van der Waals surface area contributed by atoms with Gasteiger partial charge < -0.3 is 4.74 Å². The van der Waals surface area contributed by atoms with E-state index in [1.165, 1.54) is 19.1 Å². The van der Waals surface area contributed by atoms with Gasteiger partial charge in [0.1, 0.15) is 17.2 Å². The highest BCUT2D eigenvalue weighted by Crippen LogP contribution is 2.29. The minimum absolute atomic E-state index is 0.255. The van der Waals surface area contributed by atoms with Gasteiger partial charge in [-0.1, -0.05) is 12.1 Å². The average Bonchev–Trinajstić information content (AvgIpc) is 2.15. The van der Waals surface area contributed by atoms with Crippen LogP contribution >= 0.6 is 10.7 Å². The molecule has 0 aliphatic rings. The zero-order valence-corrected chi connectivity index (χ0v) is 11.2. The van der Waals surface area contributed by atoms with Crippen molar-refractivity contribution in [1.29, 1.82) is 0 Å². The third-order valence-corrected chi connectivity index (χ3v) is 3.42. The maximum Gasteiger partial charge on any atom is 0.236 e. The number of halogens is 2. The molecule has 1 unspecified atom stereocenters. The maximum atomic E-state index is 14.1. The van der Waals surface area contributed by atoms with Crippen LogP contribution in [0.3, 0.4) is 0 Å². The lowest BCUT2D eigenvalue weighted by Gasteiger charge is -2.19. The number of benzene rings is 1. The summed E-state index contributed by atoms with van der Waals surface area (Å²) in [6.45, 7) is 3.54. The van der Waals surface area contributed by atoms with E-state index in [9.17, 15) is 12.8 Å². The predicted octanol–water partition coefficient (Wildman–Crippen LogP) is 2.84. The molecule has 96 valence electrons. The molecular weight excluding hydrogens is 267 g/mol. The van der Waals surface area contributed by atoms with Gasteiger partial charge in [0.2, 0.25) is 9.05 Å². The van der Waals surface area contributed by atoms with Crippen molar-refractivity contribution in [2.75, 3.05) is 12.4 Å². The van der Waals surface area contributed by atoms with E-state index in [0.29, 0.717) is 12.4 Å². The van der Waals surface area contributed by atoms with Crippen LogP contribution in [-0.2, 0) is 14.7 Å². The predicted molar refractivity (Wildman–Crippen MR) is 65.7 cm³/mol. The first kappa shape index (κ1) is 14.3. The molecular formula is C11H14ClFO3S. The zero-order chi connectivity index (χ0) is 13.1. The molecule has 0 aliphatic carbocycles. The summed E-state index contributed by atoms with van der Waals surface area (Å²) in [5.74, 6) is -0.143. The van der Waals surface area contributed by atoms with Crippen molar-refractivity contribution < 1.29 is 17.5 Å². The Morgan fingerprint density at radius 2 is 1.88 bits per heavy atom. The summed E-state index contributed by atoms with van der Waals surface area (Å²) < 4.78 is 41.1. The first-order valence-electron chi connectivity index (χ1n) is 5.09. The summed E-state index contributed by atoms with van der Waals surface area (Å²) in [4.78, 5) is 0. The standard InChI is InChI=1S/C11H14ClFO3S/c1-3-16-10-6-4-9(5-7-10)11(2,13)8-17(12,14)15/h4-7H,3,8H2,1-2H3. The van der Waals surface area contributed by atoms with E-state index in [2.05, 4.69) is 0 Å². The highest BCUT2D eigenvalue weighted by atomic mass is 35.7. The Hall–Kier alpha value is -0.810. The lowest BCUT2D eigenvalue weighted by molar-refractivity contribution is 0.225. The van der Waals surface area contributed by atoms with Crippen molar-refractivity contribution in [1.82, 2.24) is 0 Å². The molecule has 0 fully saturated rings. The summed E-state index contributed by atoms with van der Waals surface area (Å²) in [5.41, 5.74) is -1.75. The van der Waals surface area contributed by atoms with Gasteiger partial charge in [0, 0.05) is 10.7 Å². The van der Waals surface area contributed by atoms with Crippen LogP contribution in [0.5, 0.6) is 5.75 Å². The average molecular weight is 281 g/mol. The van der Waals surface area contributed by atoms with E-state index >= 15 is 0 Å². The fourth-order valence-electron chi connectivity index (χ4n) is 1.47. The van der Waals surface area contributed by atoms with Crippen LogP contribution in [0.4, 0.5) is 4.39 Å². The Morgan fingerprint density at radius 3 is 2.29 bits per heavy atom. The van der Waals surface area contributed by atoms with E-state index in [1.807, 2.05) is 6.92 Å². The summed E-state index contributed by atoms with van der Waals surface area (Å²) in [5, 5.41) is 0. The second-order valence-corrected chi connectivity index (χ2v) is 6.61. The van der Waals surface area contributed by atoms with Gasteiger partial charge in [0.15, 0.2) is 0 Å². The Kier molecular flexibility index (Phi) is 4.38. The van der Waals surface area contributed by atoms with Crippen molar-refractivity contribution >= 4 is 19.7 Å². The minimum atomic E-state index is -3.88. The topological polar surface area (TPSA) is 43.4 Å². The van der Waals surface area contributed by atoms with Crippen molar-refractivity contribution in [3.63, 3.8) is 0 Å². The Labute approximate surface area is 105 Å². The SMILES string of the molecule is CCOc1ccc(C(C)(F)CS(=O)(=O)Cl)cc1. The van der Waals surface area contributed by atoms with E-state index in [4.69, 9.17) is 15.4 Å². The molecule has 1 atom stereocenters. The molecule has 0 saturated carbocycles. The second-order valence-electron chi connectivity index (χ2n) is 3.84. The van der Waals surface area contributed by atoms with Gasteiger partial charge in [-0.05, 0) is 31.5 Å². The number of ether oxygens (including phenoxy) is 1. The normalized spacial score (nSPS) is 15.3. The Bertz CT molecular complexity index is 468. The zero-order valence-electron chi connectivity index (χ0n) is 9.61. The quantitative estimate of drug-likeness (QED) is 0.779. The van der Waals surface area contributed by atoms with Crippen LogP contribution in [-0.4, -0.2) is 20.8 Å². The highest BCUT2D eigenvalue weighted by Gasteiger charge is 2.31. The molecule has 0 aromatic heterocycles. The van der Waals surface area contributed by atoms with Gasteiger partial charge in [0.05, 0.1) is 6.61 Å². The summed E-state index contributed by atoms with van der Waals surface area (Å²) in [7, 11) is 1.17.